The van der Waals surface area contributed by atoms with E-state index in [1.54, 1.807) is 16.9 Å². The second-order valence-electron chi connectivity index (χ2n) is 5.28. The van der Waals surface area contributed by atoms with Crippen molar-refractivity contribution >= 4 is 17.2 Å². The smallest absolute Gasteiger partial charge is 0.221 e. The van der Waals surface area contributed by atoms with Crippen molar-refractivity contribution in [1.29, 1.82) is 0 Å². The van der Waals surface area contributed by atoms with Crippen LogP contribution in [0.1, 0.15) is 5.56 Å². The van der Waals surface area contributed by atoms with Gasteiger partial charge >= 0.3 is 0 Å². The van der Waals surface area contributed by atoms with E-state index in [9.17, 15) is 0 Å². The molecule has 0 amide bonds. The number of hydrogen-bond acceptors (Lipinski definition) is 6. The molecule has 1 N–H and O–H groups in total. The molecule has 106 valence electrons. The molecule has 0 saturated heterocycles. The van der Waals surface area contributed by atoms with Gasteiger partial charge in [0, 0.05) is 31.5 Å². The highest BCUT2D eigenvalue weighted by atomic mass is 15.5. The zero-order valence-corrected chi connectivity index (χ0v) is 11.6. The number of aromatic nitrogens is 5. The van der Waals surface area contributed by atoms with Gasteiger partial charge in [0.2, 0.25) is 5.65 Å². The Labute approximate surface area is 121 Å². The maximum absolute atomic E-state index is 4.36. The van der Waals surface area contributed by atoms with Gasteiger partial charge in [-0.3, -0.25) is 0 Å². The molecule has 7 heteroatoms. The Morgan fingerprint density at radius 2 is 2.19 bits per heavy atom. The second-order valence-corrected chi connectivity index (χ2v) is 5.28. The van der Waals surface area contributed by atoms with Crippen molar-refractivity contribution in [2.75, 3.05) is 23.8 Å². The number of tetrazole rings is 1. The highest BCUT2D eigenvalue weighted by Gasteiger charge is 2.22. The lowest BCUT2D eigenvalue weighted by Crippen LogP contribution is -2.40. The summed E-state index contributed by atoms with van der Waals surface area (Å²) in [5, 5.41) is 15.0. The van der Waals surface area contributed by atoms with Gasteiger partial charge in [-0.1, -0.05) is 18.2 Å². The van der Waals surface area contributed by atoms with Gasteiger partial charge in [0.15, 0.2) is 5.82 Å². The quantitative estimate of drug-likeness (QED) is 0.755. The Morgan fingerprint density at radius 3 is 3.14 bits per heavy atom. The van der Waals surface area contributed by atoms with Crippen molar-refractivity contribution in [3.05, 3.63) is 42.2 Å². The van der Waals surface area contributed by atoms with Gasteiger partial charge in [-0.2, -0.15) is 4.52 Å². The van der Waals surface area contributed by atoms with Crippen LogP contribution in [0.3, 0.4) is 0 Å². The maximum atomic E-state index is 4.36. The van der Waals surface area contributed by atoms with Gasteiger partial charge in [0.25, 0.3) is 0 Å². The zero-order chi connectivity index (χ0) is 14.2. The SMILES string of the molecule is CN1C[C@@H](Nc2nccn3nnnc23)Cc2ccccc21. The number of rotatable bonds is 2. The van der Waals surface area contributed by atoms with Gasteiger partial charge in [-0.15, -0.1) is 5.10 Å². The van der Waals surface area contributed by atoms with E-state index in [-0.39, 0.29) is 6.04 Å². The normalized spacial score (nSPS) is 17.8. The molecule has 3 aromatic rings. The summed E-state index contributed by atoms with van der Waals surface area (Å²) in [4.78, 5) is 6.62. The van der Waals surface area contributed by atoms with Crippen molar-refractivity contribution in [1.82, 2.24) is 25.0 Å². The number of likely N-dealkylation sites (N-methyl/N-ethyl adjacent to an activating group) is 1. The van der Waals surface area contributed by atoms with Gasteiger partial charge < -0.3 is 10.2 Å². The molecule has 1 aliphatic heterocycles. The van der Waals surface area contributed by atoms with Crippen LogP contribution < -0.4 is 10.2 Å². The predicted molar refractivity (Wildman–Crippen MR) is 79.4 cm³/mol. The largest absolute Gasteiger partial charge is 0.372 e. The first-order chi connectivity index (χ1) is 10.3. The standard InChI is InChI=1S/C14H15N7/c1-20-9-11(8-10-4-2-3-5-12(10)20)16-13-14-17-18-19-21(14)7-6-15-13/h2-7,11H,8-9H2,1H3,(H,15,16)/t11-/m0/s1. The summed E-state index contributed by atoms with van der Waals surface area (Å²) < 4.78 is 1.62. The van der Waals surface area contributed by atoms with Crippen molar-refractivity contribution in [3.63, 3.8) is 0 Å². The summed E-state index contributed by atoms with van der Waals surface area (Å²) >= 11 is 0. The Kier molecular flexibility index (Phi) is 2.70. The van der Waals surface area contributed by atoms with Crippen LogP contribution >= 0.6 is 0 Å². The monoisotopic (exact) mass is 281 g/mol. The van der Waals surface area contributed by atoms with Crippen molar-refractivity contribution < 1.29 is 0 Å². The fourth-order valence-corrected chi connectivity index (χ4v) is 2.89. The second kappa shape index (κ2) is 4.69. The van der Waals surface area contributed by atoms with Crippen molar-refractivity contribution in [2.24, 2.45) is 0 Å². The zero-order valence-electron chi connectivity index (χ0n) is 11.6. The number of para-hydroxylation sites is 1. The average molecular weight is 281 g/mol. The van der Waals surface area contributed by atoms with E-state index in [2.05, 4.69) is 62.0 Å². The number of anilines is 2. The Bertz CT molecular complexity index is 782. The van der Waals surface area contributed by atoms with Gasteiger partial charge in [-0.05, 0) is 28.5 Å². The molecule has 3 heterocycles. The summed E-state index contributed by atoms with van der Waals surface area (Å²) in [6, 6.07) is 8.77. The molecule has 7 nitrogen and oxygen atoms in total. The molecule has 0 saturated carbocycles. The maximum Gasteiger partial charge on any atom is 0.221 e. The minimum absolute atomic E-state index is 0.278. The van der Waals surface area contributed by atoms with Gasteiger partial charge in [0.05, 0.1) is 6.20 Å². The van der Waals surface area contributed by atoms with Crippen LogP contribution in [0.5, 0.6) is 0 Å². The first-order valence-corrected chi connectivity index (χ1v) is 6.89. The van der Waals surface area contributed by atoms with E-state index in [4.69, 9.17) is 0 Å². The van der Waals surface area contributed by atoms with Gasteiger partial charge in [0.1, 0.15) is 0 Å². The van der Waals surface area contributed by atoms with E-state index in [1.807, 2.05) is 0 Å². The molecular formula is C14H15N7. The fourth-order valence-electron chi connectivity index (χ4n) is 2.89. The van der Waals surface area contributed by atoms with Crippen LogP contribution in [0.25, 0.3) is 5.65 Å². The summed E-state index contributed by atoms with van der Waals surface area (Å²) in [5.74, 6) is 0.722. The van der Waals surface area contributed by atoms with Crippen LogP contribution in [0, 0.1) is 0 Å². The van der Waals surface area contributed by atoms with Crippen LogP contribution in [0.15, 0.2) is 36.7 Å². The summed E-state index contributed by atoms with van der Waals surface area (Å²) in [5.41, 5.74) is 3.29. The molecule has 0 spiro atoms. The molecule has 2 aromatic heterocycles. The summed E-state index contributed by atoms with van der Waals surface area (Å²) in [7, 11) is 2.11. The number of hydrogen-bond donors (Lipinski definition) is 1. The minimum Gasteiger partial charge on any atom is -0.372 e. The molecule has 4 rings (SSSR count). The molecular weight excluding hydrogens is 266 g/mol. The first-order valence-electron chi connectivity index (χ1n) is 6.89. The van der Waals surface area contributed by atoms with E-state index in [1.165, 1.54) is 11.3 Å². The van der Waals surface area contributed by atoms with Gasteiger partial charge in [-0.25, -0.2) is 4.98 Å². The first kappa shape index (κ1) is 12.1. The lowest BCUT2D eigenvalue weighted by molar-refractivity contribution is 0.661. The molecule has 0 fully saturated rings. The number of nitrogens with one attached hydrogen (secondary N) is 1. The van der Waals surface area contributed by atoms with E-state index in [0.717, 1.165) is 18.8 Å². The molecule has 0 radical (unpaired) electrons. The van der Waals surface area contributed by atoms with Crippen LogP contribution in [-0.4, -0.2) is 44.7 Å². The summed E-state index contributed by atoms with van der Waals surface area (Å²) in [6.45, 7) is 0.918. The highest BCUT2D eigenvalue weighted by molar-refractivity contribution is 5.63. The van der Waals surface area contributed by atoms with Crippen LogP contribution in [-0.2, 0) is 6.42 Å². The molecule has 0 aliphatic carbocycles. The van der Waals surface area contributed by atoms with E-state index in [0.29, 0.717) is 5.65 Å². The van der Waals surface area contributed by atoms with Crippen molar-refractivity contribution in [2.45, 2.75) is 12.5 Å². The molecule has 0 unspecified atom stereocenters. The van der Waals surface area contributed by atoms with Crippen LogP contribution in [0.2, 0.25) is 0 Å². The molecule has 21 heavy (non-hydrogen) atoms. The predicted octanol–water partition coefficient (Wildman–Crippen LogP) is 0.992. The Balaban J connectivity index is 1.63. The molecule has 1 aromatic carbocycles. The van der Waals surface area contributed by atoms with Crippen LogP contribution in [0.4, 0.5) is 11.5 Å². The summed E-state index contributed by atoms with van der Waals surface area (Å²) in [6.07, 6.45) is 4.40. The van der Waals surface area contributed by atoms with Crippen molar-refractivity contribution in [3.8, 4) is 0 Å². The number of nitrogens with zero attached hydrogens (tertiary/aromatic N) is 6. The third-order valence-electron chi connectivity index (χ3n) is 3.82. The molecule has 1 atom stereocenters. The number of fused-ring (bicyclic) bond motifs is 2. The molecule has 1 aliphatic rings. The van der Waals surface area contributed by atoms with E-state index < -0.39 is 0 Å². The average Bonchev–Trinajstić information content (AvgIpc) is 2.97. The van der Waals surface area contributed by atoms with E-state index >= 15 is 0 Å². The minimum atomic E-state index is 0.278. The topological polar surface area (TPSA) is 71.2 Å². The molecule has 0 bridgehead atoms. The number of benzene rings is 1. The highest BCUT2D eigenvalue weighted by Crippen LogP contribution is 2.26. The fraction of sp³-hybridized carbons (Fsp3) is 0.286. The Morgan fingerprint density at radius 1 is 1.29 bits per heavy atom. The lowest BCUT2D eigenvalue weighted by atomic mass is 9.98. The third-order valence-corrected chi connectivity index (χ3v) is 3.82. The third kappa shape index (κ3) is 2.06. The Hall–Kier alpha value is -2.70. The lowest BCUT2D eigenvalue weighted by Gasteiger charge is -2.34.